The monoisotopic (exact) mass is 295 g/mol. The summed E-state index contributed by atoms with van der Waals surface area (Å²) in [5, 5.41) is 8.48. The van der Waals surface area contributed by atoms with Gasteiger partial charge in [-0.2, -0.15) is 0 Å². The van der Waals surface area contributed by atoms with E-state index in [1.54, 1.807) is 0 Å². The number of rotatable bonds is 6. The number of sulfonamides is 1. The Morgan fingerprint density at radius 1 is 1.44 bits per heavy atom. The van der Waals surface area contributed by atoms with Crippen LogP contribution in [0.1, 0.15) is 12.8 Å². The molecule has 0 saturated carbocycles. The molecule has 5 nitrogen and oxygen atoms in total. The van der Waals surface area contributed by atoms with Gasteiger partial charge in [0.05, 0.1) is 0 Å². The SMILES string of the molecule is O=C(O)CCCNS(=O)(=O)c1ccc(Cl)cc1F. The highest BCUT2D eigenvalue weighted by atomic mass is 35.5. The Hall–Kier alpha value is -1.18. The fourth-order valence-corrected chi connectivity index (χ4v) is 2.51. The number of carboxylic acids is 1. The molecule has 0 heterocycles. The van der Waals surface area contributed by atoms with Crippen molar-refractivity contribution in [3.63, 3.8) is 0 Å². The summed E-state index contributed by atoms with van der Waals surface area (Å²) >= 11 is 5.51. The van der Waals surface area contributed by atoms with E-state index in [0.717, 1.165) is 12.1 Å². The second-order valence-corrected chi connectivity index (χ2v) is 5.64. The third-order valence-electron chi connectivity index (χ3n) is 2.04. The van der Waals surface area contributed by atoms with E-state index >= 15 is 0 Å². The molecule has 1 aromatic rings. The zero-order valence-electron chi connectivity index (χ0n) is 9.19. The minimum atomic E-state index is -3.98. The van der Waals surface area contributed by atoms with Crippen LogP contribution in [0.4, 0.5) is 4.39 Å². The molecular formula is C10H11ClFNO4S. The van der Waals surface area contributed by atoms with E-state index < -0.39 is 26.7 Å². The summed E-state index contributed by atoms with van der Waals surface area (Å²) in [5.74, 6) is -1.97. The van der Waals surface area contributed by atoms with Gasteiger partial charge in [0.1, 0.15) is 10.7 Å². The molecule has 0 aromatic heterocycles. The van der Waals surface area contributed by atoms with Crippen molar-refractivity contribution in [3.8, 4) is 0 Å². The van der Waals surface area contributed by atoms with Gasteiger partial charge in [-0.3, -0.25) is 4.79 Å². The van der Waals surface area contributed by atoms with Gasteiger partial charge in [0, 0.05) is 18.0 Å². The topological polar surface area (TPSA) is 83.5 Å². The molecule has 8 heteroatoms. The normalized spacial score (nSPS) is 11.4. The van der Waals surface area contributed by atoms with Crippen LogP contribution in [-0.4, -0.2) is 26.0 Å². The van der Waals surface area contributed by atoms with Crippen molar-refractivity contribution in [1.29, 1.82) is 0 Å². The largest absolute Gasteiger partial charge is 0.481 e. The highest BCUT2D eigenvalue weighted by Gasteiger charge is 2.18. The standard InChI is InChI=1S/C10H11ClFNO4S/c11-7-3-4-9(8(12)6-7)18(16,17)13-5-1-2-10(14)15/h3-4,6,13H,1-2,5H2,(H,14,15). The summed E-state index contributed by atoms with van der Waals surface area (Å²) in [7, 11) is -3.98. The first kappa shape index (κ1) is 14.9. The fourth-order valence-electron chi connectivity index (χ4n) is 1.22. The number of carboxylic acid groups (broad SMARTS) is 1. The number of hydrogen-bond donors (Lipinski definition) is 2. The molecule has 0 aliphatic carbocycles. The van der Waals surface area contributed by atoms with Gasteiger partial charge < -0.3 is 5.11 Å². The van der Waals surface area contributed by atoms with Gasteiger partial charge in [-0.25, -0.2) is 17.5 Å². The molecule has 0 spiro atoms. The second kappa shape index (κ2) is 6.12. The average molecular weight is 296 g/mol. The van der Waals surface area contributed by atoms with Crippen molar-refractivity contribution in [2.24, 2.45) is 0 Å². The third kappa shape index (κ3) is 4.25. The Balaban J connectivity index is 2.71. The number of hydrogen-bond acceptors (Lipinski definition) is 3. The van der Waals surface area contributed by atoms with E-state index in [0.29, 0.717) is 0 Å². The molecule has 18 heavy (non-hydrogen) atoms. The molecular weight excluding hydrogens is 285 g/mol. The highest BCUT2D eigenvalue weighted by Crippen LogP contribution is 2.18. The van der Waals surface area contributed by atoms with E-state index in [1.807, 2.05) is 0 Å². The lowest BCUT2D eigenvalue weighted by atomic mass is 10.3. The molecule has 0 unspecified atom stereocenters. The summed E-state index contributed by atoms with van der Waals surface area (Å²) < 4.78 is 38.8. The van der Waals surface area contributed by atoms with Crippen LogP contribution >= 0.6 is 11.6 Å². The average Bonchev–Trinajstić information content (AvgIpc) is 2.23. The first-order chi connectivity index (χ1) is 8.33. The molecule has 0 fully saturated rings. The Morgan fingerprint density at radius 2 is 2.11 bits per heavy atom. The van der Waals surface area contributed by atoms with E-state index in [-0.39, 0.29) is 24.4 Å². The Bertz CT molecular complexity index is 547. The maximum absolute atomic E-state index is 13.4. The zero-order chi connectivity index (χ0) is 13.8. The molecule has 0 aliphatic heterocycles. The van der Waals surface area contributed by atoms with Crippen LogP contribution in [0.15, 0.2) is 23.1 Å². The van der Waals surface area contributed by atoms with Crippen LogP contribution in [0.5, 0.6) is 0 Å². The van der Waals surface area contributed by atoms with Gasteiger partial charge in [-0.1, -0.05) is 11.6 Å². The van der Waals surface area contributed by atoms with E-state index in [9.17, 15) is 17.6 Å². The van der Waals surface area contributed by atoms with Crippen molar-refractivity contribution in [3.05, 3.63) is 29.0 Å². The van der Waals surface area contributed by atoms with Crippen molar-refractivity contribution in [1.82, 2.24) is 4.72 Å². The molecule has 100 valence electrons. The van der Waals surface area contributed by atoms with Crippen molar-refractivity contribution < 1.29 is 22.7 Å². The highest BCUT2D eigenvalue weighted by molar-refractivity contribution is 7.89. The van der Waals surface area contributed by atoms with Crippen LogP contribution in [0.3, 0.4) is 0 Å². The van der Waals surface area contributed by atoms with Crippen LogP contribution < -0.4 is 4.72 Å². The zero-order valence-corrected chi connectivity index (χ0v) is 10.8. The quantitative estimate of drug-likeness (QED) is 0.781. The van der Waals surface area contributed by atoms with E-state index in [2.05, 4.69) is 4.72 Å². The first-order valence-electron chi connectivity index (χ1n) is 4.99. The number of carbonyl (C=O) groups is 1. The summed E-state index contributed by atoms with van der Waals surface area (Å²) in [6, 6.07) is 3.21. The summed E-state index contributed by atoms with van der Waals surface area (Å²) in [6.07, 6.45) is -0.0323. The lowest BCUT2D eigenvalue weighted by Gasteiger charge is -2.07. The maximum atomic E-state index is 13.4. The van der Waals surface area contributed by atoms with Gasteiger partial charge in [0.25, 0.3) is 0 Å². The van der Waals surface area contributed by atoms with Gasteiger partial charge in [0.15, 0.2) is 0 Å². The predicted octanol–water partition coefficient (Wildman–Crippen LogP) is 1.62. The molecule has 0 amide bonds. The van der Waals surface area contributed by atoms with Crippen LogP contribution in [-0.2, 0) is 14.8 Å². The van der Waals surface area contributed by atoms with Gasteiger partial charge in [-0.05, 0) is 24.6 Å². The van der Waals surface area contributed by atoms with E-state index in [4.69, 9.17) is 16.7 Å². The molecule has 0 bridgehead atoms. The van der Waals surface area contributed by atoms with Gasteiger partial charge in [0.2, 0.25) is 10.0 Å². The first-order valence-corrected chi connectivity index (χ1v) is 6.85. The van der Waals surface area contributed by atoms with Crippen LogP contribution in [0, 0.1) is 5.82 Å². The number of halogens is 2. The predicted molar refractivity (Wildman–Crippen MR) is 63.5 cm³/mol. The summed E-state index contributed by atoms with van der Waals surface area (Å²) in [4.78, 5) is 9.72. The van der Waals surface area contributed by atoms with Crippen molar-refractivity contribution in [2.75, 3.05) is 6.54 Å². The minimum Gasteiger partial charge on any atom is -0.481 e. The molecule has 0 aliphatic rings. The number of nitrogens with one attached hydrogen (secondary N) is 1. The Labute approximate surface area is 109 Å². The number of benzene rings is 1. The van der Waals surface area contributed by atoms with Crippen molar-refractivity contribution >= 4 is 27.6 Å². The lowest BCUT2D eigenvalue weighted by molar-refractivity contribution is -0.137. The summed E-state index contributed by atoms with van der Waals surface area (Å²) in [6.45, 7) is -0.0727. The Morgan fingerprint density at radius 3 is 2.67 bits per heavy atom. The summed E-state index contributed by atoms with van der Waals surface area (Å²) in [5.41, 5.74) is 0. The molecule has 0 radical (unpaired) electrons. The van der Waals surface area contributed by atoms with E-state index in [1.165, 1.54) is 6.07 Å². The minimum absolute atomic E-state index is 0.0727. The maximum Gasteiger partial charge on any atom is 0.303 e. The van der Waals surface area contributed by atoms with Crippen LogP contribution in [0.2, 0.25) is 5.02 Å². The molecule has 2 N–H and O–H groups in total. The molecule has 1 rings (SSSR count). The second-order valence-electron chi connectivity index (χ2n) is 3.47. The van der Waals surface area contributed by atoms with Gasteiger partial charge >= 0.3 is 5.97 Å². The molecule has 1 aromatic carbocycles. The Kier molecular flexibility index (Phi) is 5.06. The van der Waals surface area contributed by atoms with Crippen molar-refractivity contribution in [2.45, 2.75) is 17.7 Å². The molecule has 0 atom stereocenters. The lowest BCUT2D eigenvalue weighted by Crippen LogP contribution is -2.26. The third-order valence-corrected chi connectivity index (χ3v) is 3.77. The fraction of sp³-hybridized carbons (Fsp3) is 0.300. The smallest absolute Gasteiger partial charge is 0.303 e. The number of aliphatic carboxylic acids is 1. The van der Waals surface area contributed by atoms with Crippen LogP contribution in [0.25, 0.3) is 0 Å². The molecule has 0 saturated heterocycles. The van der Waals surface area contributed by atoms with Gasteiger partial charge in [-0.15, -0.1) is 0 Å².